The molecule has 0 spiro atoms. The zero-order chi connectivity index (χ0) is 55.4. The van der Waals surface area contributed by atoms with E-state index in [1.807, 2.05) is 18.2 Å². The van der Waals surface area contributed by atoms with Crippen LogP contribution in [0, 0.1) is 0 Å². The van der Waals surface area contributed by atoms with Crippen LogP contribution in [0.3, 0.4) is 0 Å². The largest absolute Gasteiger partial charge is 0.454 e. The zero-order valence-corrected chi connectivity index (χ0v) is 47.6. The number of aliphatic hydroxyl groups excluding tert-OH is 5. The van der Waals surface area contributed by atoms with Gasteiger partial charge in [0.2, 0.25) is 5.91 Å². The van der Waals surface area contributed by atoms with Gasteiger partial charge < -0.3 is 45.1 Å². The second kappa shape index (κ2) is 51.8. The van der Waals surface area contributed by atoms with Crippen molar-refractivity contribution in [2.45, 2.75) is 262 Å². The smallest absolute Gasteiger partial charge is 0.306 e. The molecule has 76 heavy (non-hydrogen) atoms. The van der Waals surface area contributed by atoms with Crippen LogP contribution in [-0.4, -0.2) is 99.6 Å². The number of esters is 1. The summed E-state index contributed by atoms with van der Waals surface area (Å²) in [7, 11) is 0. The molecule has 11 heteroatoms. The second-order valence-electron chi connectivity index (χ2n) is 20.0. The molecule has 0 saturated carbocycles. The lowest BCUT2D eigenvalue weighted by Crippen LogP contribution is -2.61. The Balaban J connectivity index is 2.78. The van der Waals surface area contributed by atoms with Gasteiger partial charge in [0, 0.05) is 6.42 Å². The molecule has 0 aromatic heterocycles. The van der Waals surface area contributed by atoms with Crippen molar-refractivity contribution in [3.63, 3.8) is 0 Å². The van der Waals surface area contributed by atoms with Crippen molar-refractivity contribution in [3.8, 4) is 0 Å². The number of allylic oxidation sites excluding steroid dienone is 19. The maximum Gasteiger partial charge on any atom is 0.306 e. The minimum Gasteiger partial charge on any atom is -0.454 e. The Kier molecular flexibility index (Phi) is 47.8. The summed E-state index contributed by atoms with van der Waals surface area (Å²) in [5, 5.41) is 56.8. The Morgan fingerprint density at radius 1 is 0.526 bits per heavy atom. The molecule has 8 unspecified atom stereocenters. The summed E-state index contributed by atoms with van der Waals surface area (Å²) < 4.78 is 17.5. The molecule has 0 aromatic carbocycles. The molecule has 0 aromatic rings. The van der Waals surface area contributed by atoms with Crippen molar-refractivity contribution in [3.05, 3.63) is 122 Å². The third kappa shape index (κ3) is 39.4. The Hall–Kier alpha value is -3.94. The molecule has 1 heterocycles. The maximum atomic E-state index is 13.4. The Labute approximate surface area is 461 Å². The van der Waals surface area contributed by atoms with Crippen molar-refractivity contribution < 1.29 is 49.3 Å². The van der Waals surface area contributed by atoms with Gasteiger partial charge in [0.05, 0.1) is 25.4 Å². The van der Waals surface area contributed by atoms with E-state index in [0.29, 0.717) is 12.8 Å². The molecule has 0 radical (unpaired) electrons. The molecule has 6 N–H and O–H groups in total. The van der Waals surface area contributed by atoms with Gasteiger partial charge in [0.15, 0.2) is 12.4 Å². The minimum absolute atomic E-state index is 0.0708. The first-order valence-corrected chi connectivity index (χ1v) is 29.8. The van der Waals surface area contributed by atoms with Crippen LogP contribution in [0.1, 0.15) is 213 Å². The van der Waals surface area contributed by atoms with Crippen molar-refractivity contribution in [1.29, 1.82) is 0 Å². The van der Waals surface area contributed by atoms with Crippen LogP contribution in [0.2, 0.25) is 0 Å². The number of nitrogens with one attached hydrogen (secondary N) is 1. The van der Waals surface area contributed by atoms with Gasteiger partial charge in [0.25, 0.3) is 0 Å². The Morgan fingerprint density at radius 3 is 1.45 bits per heavy atom. The Morgan fingerprint density at radius 2 is 0.947 bits per heavy atom. The first-order chi connectivity index (χ1) is 37.2. The van der Waals surface area contributed by atoms with E-state index in [-0.39, 0.29) is 19.4 Å². The van der Waals surface area contributed by atoms with Gasteiger partial charge in [-0.3, -0.25) is 9.59 Å². The van der Waals surface area contributed by atoms with Crippen molar-refractivity contribution >= 4 is 11.9 Å². The number of hydrogen-bond acceptors (Lipinski definition) is 10. The van der Waals surface area contributed by atoms with E-state index >= 15 is 0 Å². The second-order valence-corrected chi connectivity index (χ2v) is 20.0. The van der Waals surface area contributed by atoms with Gasteiger partial charge in [-0.1, -0.05) is 219 Å². The van der Waals surface area contributed by atoms with E-state index in [9.17, 15) is 35.1 Å². The molecular weight excluding hydrogens is 955 g/mol. The summed E-state index contributed by atoms with van der Waals surface area (Å²) in [4.78, 5) is 26.5. The van der Waals surface area contributed by atoms with Crippen LogP contribution in [0.5, 0.6) is 0 Å². The zero-order valence-electron chi connectivity index (χ0n) is 47.6. The summed E-state index contributed by atoms with van der Waals surface area (Å²) in [6.07, 6.45) is 61.0. The minimum atomic E-state index is -1.64. The molecule has 432 valence electrons. The highest BCUT2D eigenvalue weighted by Gasteiger charge is 2.47. The van der Waals surface area contributed by atoms with E-state index in [1.54, 1.807) is 6.08 Å². The summed E-state index contributed by atoms with van der Waals surface area (Å²) in [5.41, 5.74) is 0. The van der Waals surface area contributed by atoms with Crippen molar-refractivity contribution in [2.24, 2.45) is 0 Å². The normalized spacial score (nSPS) is 20.0. The van der Waals surface area contributed by atoms with Crippen molar-refractivity contribution in [2.75, 3.05) is 13.2 Å². The van der Waals surface area contributed by atoms with Gasteiger partial charge >= 0.3 is 5.97 Å². The van der Waals surface area contributed by atoms with E-state index < -0.39 is 67.4 Å². The predicted octanol–water partition coefficient (Wildman–Crippen LogP) is 13.9. The monoisotopic (exact) mass is 1060 g/mol. The van der Waals surface area contributed by atoms with Crippen LogP contribution in [-0.2, 0) is 23.8 Å². The van der Waals surface area contributed by atoms with E-state index in [2.05, 4.69) is 123 Å². The summed E-state index contributed by atoms with van der Waals surface area (Å²) >= 11 is 0. The summed E-state index contributed by atoms with van der Waals surface area (Å²) in [5.74, 6) is -1.30. The van der Waals surface area contributed by atoms with Crippen LogP contribution in [0.4, 0.5) is 0 Å². The molecule has 1 aliphatic heterocycles. The molecule has 1 amide bonds. The lowest BCUT2D eigenvalue weighted by atomic mass is 9.99. The molecule has 0 aliphatic carbocycles. The standard InChI is InChI=1S/C65H107NO10/c1-4-7-10-13-16-19-22-25-27-29-30-31-33-35-38-41-44-47-50-53-60(70)76-63-62(72)61(71)59(54-67)75-65(63)74-55-56(57(68)51-48-45-42-39-36-24-21-18-15-12-9-6-3)66-64(73)58(69)52-49-46-43-40-37-34-32-28-26-23-20-17-14-11-8-5-2/h7,10,16-17,19-20,25-28,30-31,34-35,37-38,43,46,48,51,56-59,61-63,65,67-69,71-72H,4-6,8-9,11-15,18,21-24,29,32-33,36,39-42,44-45,47,49-50,52-55H2,1-3H3,(H,66,73)/b10-7-,19-16-,20-17-,27-25-,28-26-,31-30-,37-34-,38-35-,46-43-,51-48+. The van der Waals surface area contributed by atoms with Gasteiger partial charge in [-0.2, -0.15) is 0 Å². The third-order valence-electron chi connectivity index (χ3n) is 13.1. The van der Waals surface area contributed by atoms with E-state index in [4.69, 9.17) is 14.2 Å². The quantitative estimate of drug-likeness (QED) is 0.0195. The number of unbranched alkanes of at least 4 members (excludes halogenated alkanes) is 16. The van der Waals surface area contributed by atoms with Gasteiger partial charge in [0.1, 0.15) is 24.4 Å². The SMILES string of the molecule is CC/C=C\C/C=C\C/C=C\C/C=C\C/C=C\CCCCCC(=O)OC1C(OCC(NC(=O)C(O)CC/C=C\C/C=C\C/C=C\C/C=C\CCCCC)C(O)/C=C/CCCCCCCCCCCC)OC(CO)C(O)C1O. The lowest BCUT2D eigenvalue weighted by molar-refractivity contribution is -0.305. The van der Waals surface area contributed by atoms with Gasteiger partial charge in [-0.05, 0) is 109 Å². The van der Waals surface area contributed by atoms with Crippen LogP contribution in [0.15, 0.2) is 122 Å². The van der Waals surface area contributed by atoms with Gasteiger partial charge in [-0.25, -0.2) is 0 Å². The molecule has 8 atom stereocenters. The third-order valence-corrected chi connectivity index (χ3v) is 13.1. The Bertz CT molecular complexity index is 1690. The summed E-state index contributed by atoms with van der Waals surface area (Å²) in [6, 6.07) is -1.07. The van der Waals surface area contributed by atoms with Gasteiger partial charge in [-0.15, -0.1) is 0 Å². The first-order valence-electron chi connectivity index (χ1n) is 29.8. The number of hydrogen-bond donors (Lipinski definition) is 6. The number of ether oxygens (including phenoxy) is 3. The highest BCUT2D eigenvalue weighted by atomic mass is 16.7. The summed E-state index contributed by atoms with van der Waals surface area (Å²) in [6.45, 7) is 5.57. The molecule has 1 fully saturated rings. The molecule has 1 aliphatic rings. The molecular formula is C65H107NO10. The van der Waals surface area contributed by atoms with Crippen LogP contribution < -0.4 is 5.32 Å². The highest BCUT2D eigenvalue weighted by molar-refractivity contribution is 5.80. The molecule has 11 nitrogen and oxygen atoms in total. The maximum absolute atomic E-state index is 13.4. The van der Waals surface area contributed by atoms with Crippen LogP contribution in [0.25, 0.3) is 0 Å². The fourth-order valence-corrected chi connectivity index (χ4v) is 8.37. The number of aliphatic hydroxyl groups is 5. The van der Waals surface area contributed by atoms with E-state index in [1.165, 1.54) is 64.2 Å². The number of carbonyl (C=O) groups is 2. The molecule has 1 rings (SSSR count). The van der Waals surface area contributed by atoms with E-state index in [0.717, 1.165) is 103 Å². The fourth-order valence-electron chi connectivity index (χ4n) is 8.37. The number of rotatable bonds is 48. The number of carbonyl (C=O) groups excluding carboxylic acids is 2. The first kappa shape index (κ1) is 70.1. The average molecular weight is 1060 g/mol. The lowest BCUT2D eigenvalue weighted by Gasteiger charge is -2.41. The topological polar surface area (TPSA) is 175 Å². The fraction of sp³-hybridized carbons (Fsp3) is 0.662. The highest BCUT2D eigenvalue weighted by Crippen LogP contribution is 2.26. The molecule has 1 saturated heterocycles. The van der Waals surface area contributed by atoms with Crippen LogP contribution >= 0.6 is 0 Å². The molecule has 0 bridgehead atoms. The predicted molar refractivity (Wildman–Crippen MR) is 314 cm³/mol. The average Bonchev–Trinajstić information content (AvgIpc) is 3.42. The number of amides is 1. The van der Waals surface area contributed by atoms with Crippen molar-refractivity contribution in [1.82, 2.24) is 5.32 Å².